The summed E-state index contributed by atoms with van der Waals surface area (Å²) in [6, 6.07) is 4.26. The van der Waals surface area contributed by atoms with Gasteiger partial charge in [0.15, 0.2) is 0 Å². The third-order valence-corrected chi connectivity index (χ3v) is 8.11. The van der Waals surface area contributed by atoms with Crippen LogP contribution in [-0.2, 0) is 26.4 Å². The van der Waals surface area contributed by atoms with Crippen LogP contribution in [0.2, 0.25) is 0 Å². The van der Waals surface area contributed by atoms with Crippen LogP contribution in [-0.4, -0.2) is 41.4 Å². The largest absolute Gasteiger partial charge is 0.508 e. The standard InChI is InChI=1S/C33H58O8S/c1-3-4-5-6-18-21-24-33(40-28(2)34)32(36)23-20-17-15-13-11-9-7-8-10-12-14-16-19-22-29-25-30(35)27-31(26-29)41-42(37,38)39/h25-27,32-33,35-36H,3-24H2,1-2H3,(H,37,38,39). The molecular weight excluding hydrogens is 556 g/mol. The molecule has 0 aliphatic carbocycles. The zero-order chi connectivity index (χ0) is 31.1. The lowest BCUT2D eigenvalue weighted by molar-refractivity contribution is -0.153. The second-order valence-corrected chi connectivity index (χ2v) is 12.8. The van der Waals surface area contributed by atoms with Crippen LogP contribution in [0.4, 0.5) is 0 Å². The smallest absolute Gasteiger partial charge is 0.446 e. The molecule has 0 amide bonds. The summed E-state index contributed by atoms with van der Waals surface area (Å²) in [7, 11) is -4.61. The zero-order valence-corrected chi connectivity index (χ0v) is 27.1. The minimum Gasteiger partial charge on any atom is -0.508 e. The molecule has 244 valence electrons. The van der Waals surface area contributed by atoms with Crippen LogP contribution in [0.3, 0.4) is 0 Å². The summed E-state index contributed by atoms with van der Waals surface area (Å²) in [6.45, 7) is 3.63. The lowest BCUT2D eigenvalue weighted by atomic mass is 9.99. The SMILES string of the molecule is CCCCCCCCC(OC(C)=O)C(O)CCCCCCCCCCCCCCCc1cc(O)cc(OS(=O)(=O)O)c1. The number of phenols is 1. The molecule has 0 saturated carbocycles. The lowest BCUT2D eigenvalue weighted by Gasteiger charge is -2.22. The maximum Gasteiger partial charge on any atom is 0.446 e. The molecule has 2 atom stereocenters. The van der Waals surface area contributed by atoms with Gasteiger partial charge in [-0.25, -0.2) is 0 Å². The van der Waals surface area contributed by atoms with Crippen molar-refractivity contribution in [1.29, 1.82) is 0 Å². The Morgan fingerprint density at radius 2 is 1.21 bits per heavy atom. The van der Waals surface area contributed by atoms with Crippen molar-refractivity contribution in [2.45, 2.75) is 167 Å². The van der Waals surface area contributed by atoms with Crippen LogP contribution in [0.5, 0.6) is 11.5 Å². The maximum absolute atomic E-state index is 11.5. The summed E-state index contributed by atoms with van der Waals surface area (Å²) < 4.78 is 40.4. The molecule has 8 nitrogen and oxygen atoms in total. The van der Waals surface area contributed by atoms with Crippen LogP contribution in [0.25, 0.3) is 0 Å². The Hall–Kier alpha value is -1.84. The van der Waals surface area contributed by atoms with Gasteiger partial charge in [-0.3, -0.25) is 9.35 Å². The fraction of sp³-hybridized carbons (Fsp3) is 0.788. The van der Waals surface area contributed by atoms with Crippen molar-refractivity contribution in [3.05, 3.63) is 23.8 Å². The van der Waals surface area contributed by atoms with Crippen LogP contribution in [0.15, 0.2) is 18.2 Å². The second kappa shape index (κ2) is 23.6. The number of hydrogen-bond acceptors (Lipinski definition) is 7. The number of aryl methyl sites for hydroxylation is 1. The number of aliphatic hydroxyl groups is 1. The van der Waals surface area contributed by atoms with Crippen LogP contribution < -0.4 is 4.18 Å². The van der Waals surface area contributed by atoms with Crippen molar-refractivity contribution in [3.63, 3.8) is 0 Å². The van der Waals surface area contributed by atoms with Crippen molar-refractivity contribution >= 4 is 16.4 Å². The molecule has 0 aliphatic heterocycles. The molecular formula is C33H58O8S. The summed E-state index contributed by atoms with van der Waals surface area (Å²) in [4.78, 5) is 11.5. The van der Waals surface area contributed by atoms with Crippen LogP contribution in [0.1, 0.15) is 154 Å². The van der Waals surface area contributed by atoms with Crippen molar-refractivity contribution < 1.29 is 36.9 Å². The molecule has 0 bridgehead atoms. The van der Waals surface area contributed by atoms with E-state index in [9.17, 15) is 23.4 Å². The van der Waals surface area contributed by atoms with E-state index >= 15 is 0 Å². The average molecular weight is 615 g/mol. The van der Waals surface area contributed by atoms with Gasteiger partial charge in [-0.05, 0) is 49.8 Å². The van der Waals surface area contributed by atoms with Gasteiger partial charge in [0.1, 0.15) is 17.6 Å². The van der Waals surface area contributed by atoms with Gasteiger partial charge >= 0.3 is 16.4 Å². The molecule has 0 aromatic heterocycles. The van der Waals surface area contributed by atoms with E-state index in [0.29, 0.717) is 12.8 Å². The quantitative estimate of drug-likeness (QED) is 0.0510. The molecule has 0 saturated heterocycles. The minimum absolute atomic E-state index is 0.0882. The summed E-state index contributed by atoms with van der Waals surface area (Å²) in [5, 5.41) is 20.3. The molecule has 9 heteroatoms. The molecule has 0 radical (unpaired) electrons. The first-order valence-corrected chi connectivity index (χ1v) is 17.8. The number of unbranched alkanes of at least 4 members (excludes halogenated alkanes) is 17. The Kier molecular flexibility index (Phi) is 21.5. The number of esters is 1. The first-order valence-electron chi connectivity index (χ1n) is 16.5. The molecule has 3 N–H and O–H groups in total. The fourth-order valence-electron chi connectivity index (χ4n) is 5.44. The van der Waals surface area contributed by atoms with Crippen LogP contribution >= 0.6 is 0 Å². The molecule has 1 rings (SSSR count). The number of carbonyl (C=O) groups is 1. The predicted octanol–water partition coefficient (Wildman–Crippen LogP) is 8.62. The Morgan fingerprint density at radius 3 is 1.71 bits per heavy atom. The predicted molar refractivity (Wildman–Crippen MR) is 168 cm³/mol. The number of aliphatic hydroxyl groups excluding tert-OH is 1. The van der Waals surface area contributed by atoms with Crippen LogP contribution in [0, 0.1) is 0 Å². The van der Waals surface area contributed by atoms with Gasteiger partial charge in [-0.1, -0.05) is 116 Å². The molecule has 0 fully saturated rings. The van der Waals surface area contributed by atoms with Gasteiger partial charge in [0.25, 0.3) is 0 Å². The van der Waals surface area contributed by atoms with Crippen molar-refractivity contribution in [3.8, 4) is 11.5 Å². The Bertz CT molecular complexity index is 934. The van der Waals surface area contributed by atoms with E-state index in [4.69, 9.17) is 9.29 Å². The highest BCUT2D eigenvalue weighted by molar-refractivity contribution is 7.81. The number of rotatable bonds is 27. The monoisotopic (exact) mass is 614 g/mol. The Balaban J connectivity index is 2.00. The Labute approximate surface area is 255 Å². The number of ether oxygens (including phenoxy) is 1. The maximum atomic E-state index is 11.5. The van der Waals surface area contributed by atoms with Gasteiger partial charge in [-0.15, -0.1) is 0 Å². The zero-order valence-electron chi connectivity index (χ0n) is 26.2. The van der Waals surface area contributed by atoms with E-state index in [1.807, 2.05) is 0 Å². The normalized spacial score (nSPS) is 13.1. The summed E-state index contributed by atoms with van der Waals surface area (Å²) >= 11 is 0. The number of phenolic OH excluding ortho intramolecular Hbond substituents is 1. The third-order valence-electron chi connectivity index (χ3n) is 7.71. The number of benzene rings is 1. The summed E-state index contributed by atoms with van der Waals surface area (Å²) in [6.07, 6.45) is 23.5. The highest BCUT2D eigenvalue weighted by Gasteiger charge is 2.21. The highest BCUT2D eigenvalue weighted by Crippen LogP contribution is 2.24. The van der Waals surface area contributed by atoms with Crippen molar-refractivity contribution in [2.24, 2.45) is 0 Å². The number of aromatic hydroxyl groups is 1. The second-order valence-electron chi connectivity index (χ2n) is 11.8. The summed E-state index contributed by atoms with van der Waals surface area (Å²) in [5.74, 6) is -0.481. The van der Waals surface area contributed by atoms with Crippen molar-refractivity contribution in [2.75, 3.05) is 0 Å². The van der Waals surface area contributed by atoms with Gasteiger partial charge in [0, 0.05) is 13.0 Å². The highest BCUT2D eigenvalue weighted by atomic mass is 32.3. The molecule has 42 heavy (non-hydrogen) atoms. The first kappa shape index (κ1) is 38.2. The van der Waals surface area contributed by atoms with Crippen molar-refractivity contribution in [1.82, 2.24) is 0 Å². The van der Waals surface area contributed by atoms with E-state index in [1.165, 1.54) is 90.0 Å². The van der Waals surface area contributed by atoms with Gasteiger partial charge < -0.3 is 19.1 Å². The van der Waals surface area contributed by atoms with E-state index in [1.54, 1.807) is 6.07 Å². The molecule has 0 heterocycles. The summed E-state index contributed by atoms with van der Waals surface area (Å²) in [5.41, 5.74) is 0.777. The Morgan fingerprint density at radius 1 is 0.738 bits per heavy atom. The molecule has 0 spiro atoms. The fourth-order valence-corrected chi connectivity index (χ4v) is 5.78. The van der Waals surface area contributed by atoms with Gasteiger partial charge in [0.2, 0.25) is 0 Å². The first-order chi connectivity index (χ1) is 20.1. The van der Waals surface area contributed by atoms with Gasteiger partial charge in [-0.2, -0.15) is 8.42 Å². The number of hydrogen-bond donors (Lipinski definition) is 3. The molecule has 2 unspecified atom stereocenters. The lowest BCUT2D eigenvalue weighted by Crippen LogP contribution is -2.30. The van der Waals surface area contributed by atoms with E-state index in [2.05, 4.69) is 11.1 Å². The number of carbonyl (C=O) groups excluding carboxylic acids is 1. The third kappa shape index (κ3) is 21.8. The van der Waals surface area contributed by atoms with E-state index < -0.39 is 16.5 Å². The molecule has 1 aromatic rings. The minimum atomic E-state index is -4.61. The van der Waals surface area contributed by atoms with Gasteiger partial charge in [0.05, 0.1) is 6.10 Å². The van der Waals surface area contributed by atoms with E-state index in [0.717, 1.165) is 63.0 Å². The molecule has 1 aromatic carbocycles. The molecule has 0 aliphatic rings. The topological polar surface area (TPSA) is 130 Å². The average Bonchev–Trinajstić information content (AvgIpc) is 2.90. The van der Waals surface area contributed by atoms with E-state index in [-0.39, 0.29) is 23.6 Å².